The molecule has 0 fully saturated rings. The molecule has 2 heterocycles. The molecule has 7 heteroatoms. The lowest BCUT2D eigenvalue weighted by Gasteiger charge is -2.18. The Morgan fingerprint density at radius 2 is 1.04 bits per heavy atom. The number of aromatic nitrogens is 2. The summed E-state index contributed by atoms with van der Waals surface area (Å²) in [5.74, 6) is -4.22. The molecule has 0 aliphatic heterocycles. The van der Waals surface area contributed by atoms with Crippen LogP contribution in [0.15, 0.2) is 121 Å². The predicted octanol–water partition coefficient (Wildman–Crippen LogP) is 10.7. The van der Waals surface area contributed by atoms with Crippen LogP contribution in [0.1, 0.15) is 17.7 Å². The number of benzene rings is 7. The number of hydrogen-bond acceptors (Lipinski definition) is 5. The van der Waals surface area contributed by atoms with Gasteiger partial charge in [0, 0.05) is 32.8 Å². The van der Waals surface area contributed by atoms with Crippen LogP contribution in [0.3, 0.4) is 0 Å². The van der Waals surface area contributed by atoms with Crippen LogP contribution in [0.4, 0.5) is 0 Å². The number of para-hydroxylation sites is 1. The molecule has 11 rings (SSSR count). The van der Waals surface area contributed by atoms with E-state index in [9.17, 15) is 25.5 Å². The van der Waals surface area contributed by atoms with E-state index in [2.05, 4.69) is 114 Å². The van der Waals surface area contributed by atoms with Crippen LogP contribution >= 0.6 is 0 Å². The van der Waals surface area contributed by atoms with E-state index < -0.39 is 28.7 Å². The minimum atomic E-state index is -0.979. The summed E-state index contributed by atoms with van der Waals surface area (Å²) in [6.45, 7) is 0. The molecule has 53 heavy (non-hydrogen) atoms. The van der Waals surface area contributed by atoms with Gasteiger partial charge in [-0.1, -0.05) is 91.0 Å². The van der Waals surface area contributed by atoms with Crippen molar-refractivity contribution in [3.05, 3.63) is 133 Å². The molecule has 0 radical (unpaired) electrons. The first-order valence-corrected chi connectivity index (χ1v) is 17.6. The standard InChI is InChI=1S/C46H30N2O5/c49-42-41(43(50)45(52)46(53)44(42)51)48-36-15-6-4-11-29(36)34-23-25(17-20-39(34)48)24-16-19-38-33(22-24)28-10-3-5-14-35(28)47(38)37-21-18-31-27-9-2-1-8-26(27)30-12-7-13-32(37)40(30)31/h1-5,7-14,16-23,49-53H,6,15H2. The maximum absolute atomic E-state index is 10.9. The van der Waals surface area contributed by atoms with Crippen molar-refractivity contribution in [3.8, 4) is 73.5 Å². The third-order valence-corrected chi connectivity index (χ3v) is 11.3. The van der Waals surface area contributed by atoms with Gasteiger partial charge in [-0.3, -0.25) is 0 Å². The van der Waals surface area contributed by atoms with Gasteiger partial charge in [0.05, 0.1) is 22.2 Å². The van der Waals surface area contributed by atoms with Crippen LogP contribution in [0.25, 0.3) is 94.3 Å². The maximum Gasteiger partial charge on any atom is 0.208 e. The highest BCUT2D eigenvalue weighted by Crippen LogP contribution is 2.54. The van der Waals surface area contributed by atoms with Crippen LogP contribution in [-0.4, -0.2) is 34.7 Å². The molecule has 0 saturated heterocycles. The number of phenolic OH excluding ortho intramolecular Hbond substituents is 5. The van der Waals surface area contributed by atoms with Crippen LogP contribution in [-0.2, 0) is 6.42 Å². The molecule has 0 unspecified atom stereocenters. The second-order valence-electron chi connectivity index (χ2n) is 14.0. The van der Waals surface area contributed by atoms with E-state index in [0.29, 0.717) is 11.9 Å². The quantitative estimate of drug-likeness (QED) is 0.0936. The van der Waals surface area contributed by atoms with Crippen molar-refractivity contribution >= 4 is 49.6 Å². The smallest absolute Gasteiger partial charge is 0.208 e. The number of rotatable bonds is 3. The number of hydrogen-bond donors (Lipinski definition) is 5. The second kappa shape index (κ2) is 10.5. The lowest BCUT2D eigenvalue weighted by molar-refractivity contribution is 0.327. The molecule has 0 amide bonds. The molecule has 7 aromatic carbocycles. The zero-order valence-electron chi connectivity index (χ0n) is 28.2. The minimum absolute atomic E-state index is 0.187. The van der Waals surface area contributed by atoms with Crippen molar-refractivity contribution in [1.29, 1.82) is 0 Å². The predicted molar refractivity (Wildman–Crippen MR) is 211 cm³/mol. The zero-order valence-corrected chi connectivity index (χ0v) is 28.2. The molecule has 254 valence electrons. The molecule has 2 aliphatic carbocycles. The first-order chi connectivity index (χ1) is 25.9. The van der Waals surface area contributed by atoms with Crippen LogP contribution < -0.4 is 0 Å². The van der Waals surface area contributed by atoms with Crippen LogP contribution in [0, 0.1) is 0 Å². The Morgan fingerprint density at radius 3 is 1.79 bits per heavy atom. The van der Waals surface area contributed by atoms with E-state index in [1.165, 1.54) is 33.0 Å². The van der Waals surface area contributed by atoms with Crippen molar-refractivity contribution < 1.29 is 25.5 Å². The molecule has 0 saturated carbocycles. The highest BCUT2D eigenvalue weighted by Gasteiger charge is 2.29. The molecule has 0 bridgehead atoms. The fourth-order valence-corrected chi connectivity index (χ4v) is 8.94. The summed E-state index contributed by atoms with van der Waals surface area (Å²) in [6, 6.07) is 40.9. The van der Waals surface area contributed by atoms with Gasteiger partial charge < -0.3 is 34.7 Å². The Kier molecular flexibility index (Phi) is 5.84. The van der Waals surface area contributed by atoms with Gasteiger partial charge in [-0.15, -0.1) is 0 Å². The van der Waals surface area contributed by atoms with Gasteiger partial charge in [0.1, 0.15) is 5.69 Å². The maximum atomic E-state index is 10.9. The Balaban J connectivity index is 1.11. The van der Waals surface area contributed by atoms with Crippen molar-refractivity contribution in [3.63, 3.8) is 0 Å². The molecule has 7 nitrogen and oxygen atoms in total. The largest absolute Gasteiger partial charge is 0.503 e. The molecular formula is C46H30N2O5. The number of allylic oxidation sites excluding steroid dienone is 1. The average Bonchev–Trinajstić information content (AvgIpc) is 3.83. The molecule has 2 aromatic heterocycles. The van der Waals surface area contributed by atoms with Crippen LogP contribution in [0.5, 0.6) is 28.7 Å². The molecule has 9 aromatic rings. The van der Waals surface area contributed by atoms with Crippen LogP contribution in [0.2, 0.25) is 0 Å². The summed E-state index contributed by atoms with van der Waals surface area (Å²) in [6.07, 6.45) is 5.46. The van der Waals surface area contributed by atoms with Gasteiger partial charge >= 0.3 is 0 Å². The summed E-state index contributed by atoms with van der Waals surface area (Å²) < 4.78 is 4.04. The van der Waals surface area contributed by atoms with E-state index in [1.54, 1.807) is 4.57 Å². The first-order valence-electron chi connectivity index (χ1n) is 17.6. The van der Waals surface area contributed by atoms with Gasteiger partial charge in [-0.2, -0.15) is 0 Å². The van der Waals surface area contributed by atoms with Gasteiger partial charge in [0.15, 0.2) is 11.5 Å². The summed E-state index contributed by atoms with van der Waals surface area (Å²) in [5.41, 5.74) is 12.7. The molecule has 2 aliphatic rings. The first kappa shape index (κ1) is 29.6. The Bertz CT molecular complexity index is 3070. The highest BCUT2D eigenvalue weighted by molar-refractivity contribution is 6.19. The number of fused-ring (bicyclic) bond motifs is 9. The summed E-state index contributed by atoms with van der Waals surface area (Å²) in [5, 5.41) is 58.4. The fourth-order valence-electron chi connectivity index (χ4n) is 8.94. The third kappa shape index (κ3) is 3.83. The second-order valence-corrected chi connectivity index (χ2v) is 14.0. The lowest BCUT2D eigenvalue weighted by Crippen LogP contribution is -2.04. The van der Waals surface area contributed by atoms with E-state index in [4.69, 9.17) is 0 Å². The summed E-state index contributed by atoms with van der Waals surface area (Å²) in [7, 11) is 0. The van der Waals surface area contributed by atoms with Gasteiger partial charge in [0.25, 0.3) is 0 Å². The lowest BCUT2D eigenvalue weighted by atomic mass is 9.98. The Hall–Kier alpha value is -7.12. The van der Waals surface area contributed by atoms with Crippen molar-refractivity contribution in [2.75, 3.05) is 0 Å². The normalized spacial score (nSPS) is 13.1. The van der Waals surface area contributed by atoms with E-state index in [-0.39, 0.29) is 5.69 Å². The SMILES string of the molecule is Oc1c(O)c(O)c(-n2c3c(c4cc(-c5ccc6c(c5)c5ccccc5n6-c5ccc6c7c(cccc57)-c5ccccc5-6)ccc42)C=CCC3)c(O)c1O. The molecule has 5 N–H and O–H groups in total. The summed E-state index contributed by atoms with van der Waals surface area (Å²) >= 11 is 0. The van der Waals surface area contributed by atoms with Crippen molar-refractivity contribution in [1.82, 2.24) is 9.13 Å². The number of nitrogens with zero attached hydrogens (tertiary/aromatic N) is 2. The van der Waals surface area contributed by atoms with Crippen molar-refractivity contribution in [2.24, 2.45) is 0 Å². The zero-order chi connectivity index (χ0) is 35.7. The van der Waals surface area contributed by atoms with E-state index in [1.807, 2.05) is 18.2 Å². The average molecular weight is 691 g/mol. The van der Waals surface area contributed by atoms with Crippen molar-refractivity contribution in [2.45, 2.75) is 12.8 Å². The molecule has 0 spiro atoms. The highest BCUT2D eigenvalue weighted by atomic mass is 16.4. The molecular weight excluding hydrogens is 661 g/mol. The number of aromatic hydroxyl groups is 5. The minimum Gasteiger partial charge on any atom is -0.503 e. The Morgan fingerprint density at radius 1 is 0.453 bits per heavy atom. The monoisotopic (exact) mass is 690 g/mol. The van der Waals surface area contributed by atoms with Gasteiger partial charge in [-0.05, 0) is 88.0 Å². The third-order valence-electron chi connectivity index (χ3n) is 11.3. The van der Waals surface area contributed by atoms with Gasteiger partial charge in [-0.25, -0.2) is 0 Å². The van der Waals surface area contributed by atoms with E-state index >= 15 is 0 Å². The summed E-state index contributed by atoms with van der Waals surface area (Å²) in [4.78, 5) is 0. The topological polar surface area (TPSA) is 111 Å². The molecule has 0 atom stereocenters. The Labute approximate surface area is 302 Å². The fraction of sp³-hybridized carbons (Fsp3) is 0.0435. The van der Waals surface area contributed by atoms with Gasteiger partial charge in [0.2, 0.25) is 17.2 Å². The van der Waals surface area contributed by atoms with E-state index in [0.717, 1.165) is 61.7 Å². The number of phenols is 5.